The quantitative estimate of drug-likeness (QED) is 0.289. The molecule has 9 nitrogen and oxygen atoms in total. The molecule has 0 saturated carbocycles. The summed E-state index contributed by atoms with van der Waals surface area (Å²) in [6.45, 7) is 6.05. The number of halogens is 2. The van der Waals surface area contributed by atoms with Crippen molar-refractivity contribution < 1.29 is 23.8 Å². The van der Waals surface area contributed by atoms with Crippen molar-refractivity contribution in [1.29, 1.82) is 0 Å². The van der Waals surface area contributed by atoms with Gasteiger partial charge in [-0.05, 0) is 67.4 Å². The molecule has 1 N–H and O–H groups in total. The molecule has 2 saturated heterocycles. The number of rotatable bonds is 8. The van der Waals surface area contributed by atoms with E-state index in [1.54, 1.807) is 41.1 Å². The summed E-state index contributed by atoms with van der Waals surface area (Å²) < 4.78 is 22.5. The second-order valence-electron chi connectivity index (χ2n) is 11.2. The van der Waals surface area contributed by atoms with Gasteiger partial charge in [-0.25, -0.2) is 14.2 Å². The normalized spacial score (nSPS) is 17.2. The number of piperazine rings is 1. The van der Waals surface area contributed by atoms with Crippen LogP contribution in [0.25, 0.3) is 11.0 Å². The average Bonchev–Trinajstić information content (AvgIpc) is 3.30. The molecule has 0 radical (unpaired) electrons. The molecule has 2 aliphatic heterocycles. The molecule has 1 atom stereocenters. The van der Waals surface area contributed by atoms with Gasteiger partial charge in [-0.1, -0.05) is 17.7 Å². The summed E-state index contributed by atoms with van der Waals surface area (Å²) in [7, 11) is 1.80. The number of aromatic nitrogens is 2. The van der Waals surface area contributed by atoms with E-state index in [1.807, 2.05) is 25.1 Å². The van der Waals surface area contributed by atoms with Crippen LogP contribution in [0.4, 0.5) is 15.8 Å². The molecule has 3 aromatic carbocycles. The highest BCUT2D eigenvalue weighted by Crippen LogP contribution is 2.32. The highest BCUT2D eigenvalue weighted by Gasteiger charge is 2.27. The third kappa shape index (κ3) is 6.08. The lowest BCUT2D eigenvalue weighted by Gasteiger charge is -2.35. The molecular weight excluding hydrogens is 573 g/mol. The number of aromatic carboxylic acids is 1. The zero-order chi connectivity index (χ0) is 30.2. The molecule has 1 amide bonds. The zero-order valence-corrected chi connectivity index (χ0v) is 24.9. The van der Waals surface area contributed by atoms with Crippen molar-refractivity contribution in [3.8, 4) is 0 Å². The molecule has 1 aromatic heterocycles. The van der Waals surface area contributed by atoms with Gasteiger partial charge in [0.25, 0.3) is 5.91 Å². The fourth-order valence-corrected chi connectivity index (χ4v) is 6.03. The van der Waals surface area contributed by atoms with Crippen molar-refractivity contribution in [2.45, 2.75) is 32.5 Å². The van der Waals surface area contributed by atoms with E-state index >= 15 is 0 Å². The van der Waals surface area contributed by atoms with Crippen LogP contribution in [-0.4, -0.2) is 82.3 Å². The molecule has 11 heteroatoms. The van der Waals surface area contributed by atoms with Gasteiger partial charge >= 0.3 is 5.97 Å². The molecule has 3 heterocycles. The summed E-state index contributed by atoms with van der Waals surface area (Å²) in [5.41, 5.74) is 4.30. The number of carboxylic acids is 1. The van der Waals surface area contributed by atoms with Crippen LogP contribution < -0.4 is 4.90 Å². The minimum atomic E-state index is -0.979. The van der Waals surface area contributed by atoms with Crippen molar-refractivity contribution in [2.24, 2.45) is 0 Å². The van der Waals surface area contributed by atoms with E-state index in [9.17, 15) is 19.1 Å². The van der Waals surface area contributed by atoms with E-state index < -0.39 is 11.8 Å². The molecular formula is C32H33ClFN5O4. The summed E-state index contributed by atoms with van der Waals surface area (Å²) in [4.78, 5) is 35.7. The highest BCUT2D eigenvalue weighted by molar-refractivity contribution is 6.33. The number of carbonyl (C=O) groups excluding carboxylic acids is 1. The second-order valence-corrected chi connectivity index (χ2v) is 11.6. The first-order valence-corrected chi connectivity index (χ1v) is 14.7. The van der Waals surface area contributed by atoms with Crippen LogP contribution in [-0.2, 0) is 17.8 Å². The highest BCUT2D eigenvalue weighted by atomic mass is 35.5. The molecule has 6 rings (SSSR count). The number of hydrogen-bond acceptors (Lipinski definition) is 6. The molecule has 224 valence electrons. The smallest absolute Gasteiger partial charge is 0.335 e. The maximum Gasteiger partial charge on any atom is 0.335 e. The standard InChI is InChI=1S/C32H33ClFN5O4/c1-20-3-6-28(26(33)13-20)36(2)24-15-22(14-23(34)17-24)31(40)38-10-8-37(9-11-38)19-30-35-27-5-4-21(32(41)42)16-29(27)39(30)18-25-7-12-43-25/h3-6,13-17,25H,7-12,18-19H2,1-2H3,(H,41,42)/t25-/m0/s1. The fourth-order valence-electron chi connectivity index (χ4n) is 5.67. The Morgan fingerprint density at radius 2 is 1.84 bits per heavy atom. The number of carboxylic acid groups (broad SMARTS) is 1. The van der Waals surface area contributed by atoms with Crippen LogP contribution in [0.15, 0.2) is 54.6 Å². The monoisotopic (exact) mass is 605 g/mol. The van der Waals surface area contributed by atoms with Crippen LogP contribution >= 0.6 is 11.6 Å². The first-order valence-electron chi connectivity index (χ1n) is 14.3. The first-order chi connectivity index (χ1) is 20.7. The van der Waals surface area contributed by atoms with Crippen LogP contribution in [0.5, 0.6) is 0 Å². The van der Waals surface area contributed by atoms with Gasteiger partial charge in [0.05, 0.1) is 46.5 Å². The lowest BCUT2D eigenvalue weighted by molar-refractivity contribution is -0.0592. The third-order valence-corrected chi connectivity index (χ3v) is 8.56. The average molecular weight is 606 g/mol. The van der Waals surface area contributed by atoms with Gasteiger partial charge < -0.3 is 24.2 Å². The molecule has 2 fully saturated rings. The Hall–Kier alpha value is -3.99. The number of nitrogens with zero attached hydrogens (tertiary/aromatic N) is 5. The predicted molar refractivity (Wildman–Crippen MR) is 163 cm³/mol. The summed E-state index contributed by atoms with van der Waals surface area (Å²) in [6.07, 6.45) is 1.03. The summed E-state index contributed by atoms with van der Waals surface area (Å²) in [5.74, 6) is -0.859. The number of carbonyl (C=O) groups is 2. The van der Waals surface area contributed by atoms with Gasteiger partial charge in [-0.15, -0.1) is 0 Å². The Bertz CT molecular complexity index is 1700. The van der Waals surface area contributed by atoms with E-state index in [1.165, 1.54) is 12.1 Å². The van der Waals surface area contributed by atoms with Gasteiger partial charge in [-0.3, -0.25) is 9.69 Å². The van der Waals surface area contributed by atoms with E-state index in [2.05, 4.69) is 9.47 Å². The molecule has 43 heavy (non-hydrogen) atoms. The predicted octanol–water partition coefficient (Wildman–Crippen LogP) is 5.35. The van der Waals surface area contributed by atoms with Gasteiger partial charge in [0.2, 0.25) is 0 Å². The topological polar surface area (TPSA) is 91.1 Å². The minimum absolute atomic E-state index is 0.0799. The Balaban J connectivity index is 1.15. The second kappa shape index (κ2) is 11.9. The van der Waals surface area contributed by atoms with Crippen molar-refractivity contribution in [3.63, 3.8) is 0 Å². The Morgan fingerprint density at radius 3 is 2.51 bits per heavy atom. The zero-order valence-electron chi connectivity index (χ0n) is 24.1. The van der Waals surface area contributed by atoms with Crippen molar-refractivity contribution >= 4 is 45.9 Å². The molecule has 0 bridgehead atoms. The third-order valence-electron chi connectivity index (χ3n) is 8.26. The maximum atomic E-state index is 14.7. The molecule has 2 aliphatic rings. The summed E-state index contributed by atoms with van der Waals surface area (Å²) in [6, 6.07) is 15.0. The van der Waals surface area contributed by atoms with Crippen molar-refractivity contribution in [1.82, 2.24) is 19.4 Å². The van der Waals surface area contributed by atoms with E-state index in [4.69, 9.17) is 21.3 Å². The SMILES string of the molecule is Cc1ccc(N(C)c2cc(F)cc(C(=O)N3CCN(Cc4nc5ccc(C(=O)O)cc5n4C[C@@H]4CCO4)CC3)c2)c(Cl)c1. The molecule has 0 aliphatic carbocycles. The van der Waals surface area contributed by atoms with Crippen molar-refractivity contribution in [3.05, 3.63) is 88.0 Å². The van der Waals surface area contributed by atoms with Crippen LogP contribution in [0, 0.1) is 12.7 Å². The van der Waals surface area contributed by atoms with Gasteiger partial charge in [0.15, 0.2) is 0 Å². The minimum Gasteiger partial charge on any atom is -0.478 e. The fraction of sp³-hybridized carbons (Fsp3) is 0.344. The number of hydrogen-bond donors (Lipinski definition) is 1. The molecule has 0 spiro atoms. The Kier molecular flexibility index (Phi) is 8.09. The Labute approximate surface area is 254 Å². The van der Waals surface area contributed by atoms with Crippen molar-refractivity contribution in [2.75, 3.05) is 44.7 Å². The van der Waals surface area contributed by atoms with Gasteiger partial charge in [0.1, 0.15) is 11.6 Å². The van der Waals surface area contributed by atoms with Crippen LogP contribution in [0.3, 0.4) is 0 Å². The molecule has 4 aromatic rings. The number of amides is 1. The lowest BCUT2D eigenvalue weighted by atomic mass is 10.1. The number of anilines is 2. The van der Waals surface area contributed by atoms with Crippen LogP contribution in [0.1, 0.15) is 38.5 Å². The summed E-state index contributed by atoms with van der Waals surface area (Å²) >= 11 is 6.45. The number of fused-ring (bicyclic) bond motifs is 1. The van der Waals surface area contributed by atoms with E-state index in [-0.39, 0.29) is 23.1 Å². The lowest BCUT2D eigenvalue weighted by Crippen LogP contribution is -2.48. The van der Waals surface area contributed by atoms with E-state index in [0.717, 1.165) is 41.1 Å². The number of benzene rings is 3. The first kappa shape index (κ1) is 29.1. The van der Waals surface area contributed by atoms with Gasteiger partial charge in [0, 0.05) is 51.1 Å². The van der Waals surface area contributed by atoms with Crippen LogP contribution in [0.2, 0.25) is 5.02 Å². The number of aryl methyl sites for hydroxylation is 1. The number of imidazole rings is 1. The Morgan fingerprint density at radius 1 is 1.07 bits per heavy atom. The summed E-state index contributed by atoms with van der Waals surface area (Å²) in [5, 5.41) is 10.0. The molecule has 0 unspecified atom stereocenters. The van der Waals surface area contributed by atoms with Gasteiger partial charge in [-0.2, -0.15) is 0 Å². The van der Waals surface area contributed by atoms with E-state index in [0.29, 0.717) is 50.0 Å². The largest absolute Gasteiger partial charge is 0.478 e. The maximum absolute atomic E-state index is 14.7. The number of ether oxygens (including phenoxy) is 1.